The third kappa shape index (κ3) is 4.56. The Labute approximate surface area is 200 Å². The number of fused-ring (bicyclic) bond motifs is 1. The van der Waals surface area contributed by atoms with Gasteiger partial charge in [-0.05, 0) is 42.7 Å². The Balaban J connectivity index is 1.62. The van der Waals surface area contributed by atoms with Crippen LogP contribution in [0.25, 0.3) is 21.3 Å². The quantitative estimate of drug-likeness (QED) is 0.225. The first-order chi connectivity index (χ1) is 15.9. The first kappa shape index (κ1) is 22.8. The van der Waals surface area contributed by atoms with Crippen LogP contribution in [0.4, 0.5) is 5.69 Å². The number of nitrogens with zero attached hydrogens (tertiary/aromatic N) is 4. The number of benzene rings is 2. The maximum absolute atomic E-state index is 13.2. The molecular formula is C25H22N4O2S2. The Hall–Kier alpha value is -3.41. The zero-order valence-corrected chi connectivity index (χ0v) is 20.2. The highest BCUT2D eigenvalue weighted by Crippen LogP contribution is 2.33. The summed E-state index contributed by atoms with van der Waals surface area (Å²) in [5, 5.41) is 12.2. The van der Waals surface area contributed by atoms with Crippen molar-refractivity contribution in [3.05, 3.63) is 75.4 Å². The molecular weight excluding hydrogens is 452 g/mol. The first-order valence-corrected chi connectivity index (χ1v) is 12.2. The van der Waals surface area contributed by atoms with Crippen LogP contribution >= 0.6 is 23.1 Å². The predicted octanol–water partition coefficient (Wildman–Crippen LogP) is 4.93. The second kappa shape index (κ2) is 9.61. The van der Waals surface area contributed by atoms with Crippen molar-refractivity contribution in [3.8, 4) is 17.2 Å². The topological polar surface area (TPSA) is 79.0 Å². The number of carbonyl (C=O) groups is 1. The van der Waals surface area contributed by atoms with Crippen molar-refractivity contribution in [1.82, 2.24) is 9.55 Å². The fourth-order valence-corrected chi connectivity index (χ4v) is 5.35. The minimum atomic E-state index is -0.218. The third-order valence-electron chi connectivity index (χ3n) is 5.51. The lowest BCUT2D eigenvalue weighted by atomic mass is 10.0. The number of aryl methyl sites for hydroxylation is 2. The molecule has 0 saturated heterocycles. The van der Waals surface area contributed by atoms with Gasteiger partial charge in [0.25, 0.3) is 5.56 Å². The molecule has 0 aliphatic carbocycles. The molecule has 166 valence electrons. The highest BCUT2D eigenvalue weighted by atomic mass is 32.2. The smallest absolute Gasteiger partial charge is 0.263 e. The van der Waals surface area contributed by atoms with Crippen molar-refractivity contribution < 1.29 is 4.79 Å². The Kier molecular flexibility index (Phi) is 6.63. The van der Waals surface area contributed by atoms with E-state index < -0.39 is 0 Å². The molecule has 2 heterocycles. The molecule has 0 aliphatic heterocycles. The van der Waals surface area contributed by atoms with E-state index >= 15 is 0 Å². The van der Waals surface area contributed by atoms with Crippen LogP contribution < -0.4 is 10.5 Å². The summed E-state index contributed by atoms with van der Waals surface area (Å²) < 4.78 is 1.49. The monoisotopic (exact) mass is 474 g/mol. The predicted molar refractivity (Wildman–Crippen MR) is 135 cm³/mol. The van der Waals surface area contributed by atoms with E-state index in [1.165, 1.54) is 43.7 Å². The molecule has 0 saturated carbocycles. The number of carbonyl (C=O) groups excluding carboxylic acids is 1. The van der Waals surface area contributed by atoms with Crippen molar-refractivity contribution in [1.29, 1.82) is 5.26 Å². The zero-order valence-electron chi connectivity index (χ0n) is 18.5. The van der Waals surface area contributed by atoms with Crippen LogP contribution in [0.2, 0.25) is 0 Å². The number of aromatic nitrogens is 2. The summed E-state index contributed by atoms with van der Waals surface area (Å²) in [6.07, 6.45) is 0. The van der Waals surface area contributed by atoms with Gasteiger partial charge < -0.3 is 0 Å². The van der Waals surface area contributed by atoms with Crippen LogP contribution in [-0.2, 0) is 11.8 Å². The van der Waals surface area contributed by atoms with Crippen molar-refractivity contribution in [3.63, 3.8) is 0 Å². The number of rotatable bonds is 6. The van der Waals surface area contributed by atoms with Crippen LogP contribution in [0.1, 0.15) is 11.1 Å². The maximum atomic E-state index is 13.2. The average Bonchev–Trinajstić information content (AvgIpc) is 3.25. The SMILES string of the molecule is Cc1ccc(-c2csc3nc(SCC(=O)N(CC#N)c4ccccc4)n(C)c(=O)c23)cc1C. The lowest BCUT2D eigenvalue weighted by molar-refractivity contribution is -0.116. The number of para-hydroxylation sites is 1. The summed E-state index contributed by atoms with van der Waals surface area (Å²) in [5.74, 6) is -0.151. The third-order valence-corrected chi connectivity index (χ3v) is 7.40. The van der Waals surface area contributed by atoms with Gasteiger partial charge in [-0.2, -0.15) is 5.26 Å². The molecule has 6 nitrogen and oxygen atoms in total. The molecule has 0 atom stereocenters. The van der Waals surface area contributed by atoms with Crippen LogP contribution in [0, 0.1) is 25.2 Å². The van der Waals surface area contributed by atoms with E-state index in [9.17, 15) is 9.59 Å². The second-order valence-electron chi connectivity index (χ2n) is 7.65. The summed E-state index contributed by atoms with van der Waals surface area (Å²) in [7, 11) is 1.67. The van der Waals surface area contributed by atoms with Gasteiger partial charge in [0.15, 0.2) is 5.16 Å². The number of thioether (sulfide) groups is 1. The normalized spacial score (nSPS) is 10.8. The van der Waals surface area contributed by atoms with E-state index in [0.29, 0.717) is 21.1 Å². The van der Waals surface area contributed by atoms with Gasteiger partial charge in [-0.3, -0.25) is 19.1 Å². The van der Waals surface area contributed by atoms with Crippen LogP contribution in [0.3, 0.4) is 0 Å². The van der Waals surface area contributed by atoms with Gasteiger partial charge in [-0.15, -0.1) is 11.3 Å². The van der Waals surface area contributed by atoms with E-state index in [0.717, 1.165) is 11.1 Å². The minimum Gasteiger partial charge on any atom is -0.298 e. The summed E-state index contributed by atoms with van der Waals surface area (Å²) in [5.41, 5.74) is 4.77. The van der Waals surface area contributed by atoms with E-state index in [1.807, 2.05) is 35.7 Å². The molecule has 4 aromatic rings. The fraction of sp³-hybridized carbons (Fsp3) is 0.200. The molecule has 0 bridgehead atoms. The molecule has 2 aromatic heterocycles. The molecule has 0 aliphatic rings. The Morgan fingerprint density at radius 3 is 2.64 bits per heavy atom. The first-order valence-electron chi connectivity index (χ1n) is 10.3. The Morgan fingerprint density at radius 2 is 1.94 bits per heavy atom. The minimum absolute atomic E-state index is 0.0426. The van der Waals surface area contributed by atoms with Gasteiger partial charge in [-0.1, -0.05) is 48.2 Å². The number of hydrogen-bond donors (Lipinski definition) is 0. The number of nitriles is 1. The molecule has 0 fully saturated rings. The van der Waals surface area contributed by atoms with E-state index in [4.69, 9.17) is 5.26 Å². The lowest BCUT2D eigenvalue weighted by Gasteiger charge is -2.19. The summed E-state index contributed by atoms with van der Waals surface area (Å²) >= 11 is 2.63. The van der Waals surface area contributed by atoms with Crippen LogP contribution in [0.5, 0.6) is 0 Å². The average molecular weight is 475 g/mol. The molecule has 1 amide bonds. The van der Waals surface area contributed by atoms with Crippen molar-refractivity contribution in [2.75, 3.05) is 17.2 Å². The summed E-state index contributed by atoms with van der Waals surface area (Å²) in [4.78, 5) is 32.9. The zero-order chi connectivity index (χ0) is 23.5. The molecule has 8 heteroatoms. The molecule has 2 aromatic carbocycles. The molecule has 0 spiro atoms. The number of anilines is 1. The van der Waals surface area contributed by atoms with Gasteiger partial charge in [-0.25, -0.2) is 4.98 Å². The maximum Gasteiger partial charge on any atom is 0.263 e. The molecule has 0 radical (unpaired) electrons. The Bertz CT molecular complexity index is 1430. The van der Waals surface area contributed by atoms with Gasteiger partial charge in [0, 0.05) is 23.7 Å². The van der Waals surface area contributed by atoms with Gasteiger partial charge in [0.05, 0.1) is 17.2 Å². The highest BCUT2D eigenvalue weighted by molar-refractivity contribution is 7.99. The molecule has 33 heavy (non-hydrogen) atoms. The largest absolute Gasteiger partial charge is 0.298 e. The van der Waals surface area contributed by atoms with E-state index in [-0.39, 0.29) is 23.8 Å². The fourth-order valence-electron chi connectivity index (χ4n) is 3.51. The highest BCUT2D eigenvalue weighted by Gasteiger charge is 2.19. The van der Waals surface area contributed by atoms with Gasteiger partial charge in [0.1, 0.15) is 11.4 Å². The van der Waals surface area contributed by atoms with Crippen LogP contribution in [0.15, 0.2) is 63.9 Å². The molecule has 0 N–H and O–H groups in total. The lowest BCUT2D eigenvalue weighted by Crippen LogP contribution is -2.33. The van der Waals surface area contributed by atoms with Gasteiger partial charge in [0.2, 0.25) is 5.91 Å². The Morgan fingerprint density at radius 1 is 1.18 bits per heavy atom. The summed E-state index contributed by atoms with van der Waals surface area (Å²) in [6.45, 7) is 4.07. The summed E-state index contributed by atoms with van der Waals surface area (Å²) in [6, 6.07) is 17.3. The van der Waals surface area contributed by atoms with Crippen molar-refractivity contribution in [2.24, 2.45) is 7.05 Å². The number of thiophene rings is 1. The van der Waals surface area contributed by atoms with Gasteiger partial charge >= 0.3 is 0 Å². The van der Waals surface area contributed by atoms with Crippen molar-refractivity contribution >= 4 is 44.9 Å². The van der Waals surface area contributed by atoms with Crippen molar-refractivity contribution in [2.45, 2.75) is 19.0 Å². The molecule has 4 rings (SSSR count). The molecule has 0 unspecified atom stereocenters. The van der Waals surface area contributed by atoms with Crippen LogP contribution in [-0.4, -0.2) is 27.8 Å². The number of hydrogen-bond acceptors (Lipinski definition) is 6. The van der Waals surface area contributed by atoms with E-state index in [1.54, 1.807) is 19.2 Å². The van der Waals surface area contributed by atoms with E-state index in [2.05, 4.69) is 31.0 Å². The second-order valence-corrected chi connectivity index (χ2v) is 9.45. The number of amides is 1. The standard InChI is InChI=1S/C25H22N4O2S2/c1-16-9-10-18(13-17(16)2)20-14-32-23-22(20)24(31)28(3)25(27-23)33-15-21(30)29(12-11-26)19-7-5-4-6-8-19/h4-10,13-14H,12,15H2,1-3H3.